The predicted octanol–water partition coefficient (Wildman–Crippen LogP) is 3.57. The molecule has 0 aromatic carbocycles. The van der Waals surface area contributed by atoms with Gasteiger partial charge in [0.1, 0.15) is 0 Å². The number of hydrogen-bond acceptors (Lipinski definition) is 1. The minimum atomic E-state index is 0.0437. The zero-order valence-electron chi connectivity index (χ0n) is 8.25. The van der Waals surface area contributed by atoms with Gasteiger partial charge in [-0.25, -0.2) is 0 Å². The van der Waals surface area contributed by atoms with Crippen LogP contribution in [0, 0.1) is 17.2 Å². The molecule has 1 nitrogen and oxygen atoms in total. The van der Waals surface area contributed by atoms with Gasteiger partial charge in [-0.2, -0.15) is 5.26 Å². The maximum atomic E-state index is 8.34. The van der Waals surface area contributed by atoms with Crippen LogP contribution in [0.25, 0.3) is 0 Å². The van der Waals surface area contributed by atoms with Crippen LogP contribution < -0.4 is 0 Å². The quantitative estimate of drug-likeness (QED) is 0.472. The Morgan fingerprint density at radius 1 is 1.50 bits per heavy atom. The van der Waals surface area contributed by atoms with Crippen LogP contribution in [-0.4, -0.2) is 12.8 Å². The number of allylic oxidation sites excluding steroid dienone is 1. The van der Waals surface area contributed by atoms with Crippen LogP contribution in [0.3, 0.4) is 0 Å². The molecule has 0 saturated heterocycles. The molecule has 0 aliphatic rings. The van der Waals surface area contributed by atoms with Crippen molar-refractivity contribution < 1.29 is 0 Å². The van der Waals surface area contributed by atoms with Crippen molar-refractivity contribution in [2.45, 2.75) is 26.7 Å². The van der Waals surface area contributed by atoms with Crippen molar-refractivity contribution in [2.24, 2.45) is 5.92 Å². The molecule has 0 fully saturated rings. The van der Waals surface area contributed by atoms with Crippen LogP contribution in [0.4, 0.5) is 0 Å². The highest BCUT2D eigenvalue weighted by Gasteiger charge is 1.95. The van der Waals surface area contributed by atoms with Crippen molar-refractivity contribution in [3.8, 4) is 6.07 Å². The van der Waals surface area contributed by atoms with Crippen LogP contribution in [0.5, 0.6) is 0 Å². The third-order valence-corrected chi connectivity index (χ3v) is 3.23. The molecular formula is C10H18NP. The molecule has 12 heavy (non-hydrogen) atoms. The molecule has 1 unspecified atom stereocenters. The van der Waals surface area contributed by atoms with Gasteiger partial charge in [0.05, 0.1) is 6.07 Å². The second kappa shape index (κ2) is 7.32. The molecule has 0 aliphatic carbocycles. The fourth-order valence-corrected chi connectivity index (χ4v) is 2.25. The van der Waals surface area contributed by atoms with Crippen molar-refractivity contribution in [3.63, 3.8) is 0 Å². The third kappa shape index (κ3) is 7.76. The first-order valence-electron chi connectivity index (χ1n) is 4.42. The Balaban J connectivity index is 3.46. The molecule has 0 saturated carbocycles. The van der Waals surface area contributed by atoms with Crippen LogP contribution >= 0.6 is 7.92 Å². The van der Waals surface area contributed by atoms with Gasteiger partial charge in [0.15, 0.2) is 0 Å². The second-order valence-corrected chi connectivity index (χ2v) is 5.59. The average molecular weight is 183 g/mol. The monoisotopic (exact) mass is 183 g/mol. The Morgan fingerprint density at radius 3 is 2.67 bits per heavy atom. The van der Waals surface area contributed by atoms with E-state index in [2.05, 4.69) is 38.5 Å². The van der Waals surface area contributed by atoms with E-state index in [4.69, 9.17) is 5.26 Å². The van der Waals surface area contributed by atoms with Gasteiger partial charge < -0.3 is 0 Å². The lowest BCUT2D eigenvalue weighted by molar-refractivity contribution is 0.833. The van der Waals surface area contributed by atoms with E-state index in [1.54, 1.807) is 0 Å². The number of rotatable bonds is 5. The SMILES string of the molecule is CC(C)/C=C/P(C)CCCC#N. The fourth-order valence-electron chi connectivity index (χ4n) is 0.801. The highest BCUT2D eigenvalue weighted by Crippen LogP contribution is 2.33. The fraction of sp³-hybridized carbons (Fsp3) is 0.700. The molecule has 0 amide bonds. The van der Waals surface area contributed by atoms with E-state index >= 15 is 0 Å². The highest BCUT2D eigenvalue weighted by molar-refractivity contribution is 7.60. The molecule has 0 aromatic rings. The molecule has 68 valence electrons. The summed E-state index contributed by atoms with van der Waals surface area (Å²) < 4.78 is 0. The predicted molar refractivity (Wildman–Crippen MR) is 56.5 cm³/mol. The Labute approximate surface area is 77.2 Å². The third-order valence-electron chi connectivity index (χ3n) is 1.52. The summed E-state index contributed by atoms with van der Waals surface area (Å²) in [4.78, 5) is 0. The topological polar surface area (TPSA) is 23.8 Å². The summed E-state index contributed by atoms with van der Waals surface area (Å²) in [6, 6.07) is 2.17. The van der Waals surface area contributed by atoms with Crippen LogP contribution in [0.1, 0.15) is 26.7 Å². The lowest BCUT2D eigenvalue weighted by atomic mass is 10.2. The number of unbranched alkanes of at least 4 members (excludes halogenated alkanes) is 1. The Hall–Kier alpha value is -0.340. The molecule has 0 radical (unpaired) electrons. The first kappa shape index (κ1) is 11.7. The van der Waals surface area contributed by atoms with Crippen LogP contribution in [-0.2, 0) is 0 Å². The first-order valence-corrected chi connectivity index (χ1v) is 6.46. The van der Waals surface area contributed by atoms with Gasteiger partial charge in [-0.1, -0.05) is 33.7 Å². The normalized spacial score (nSPS) is 13.6. The zero-order valence-corrected chi connectivity index (χ0v) is 9.14. The van der Waals surface area contributed by atoms with Gasteiger partial charge in [0.25, 0.3) is 0 Å². The summed E-state index contributed by atoms with van der Waals surface area (Å²) in [5.74, 6) is 2.98. The molecule has 0 spiro atoms. The second-order valence-electron chi connectivity index (χ2n) is 3.33. The van der Waals surface area contributed by atoms with Crippen molar-refractivity contribution >= 4 is 7.92 Å². The summed E-state index contributed by atoms with van der Waals surface area (Å²) >= 11 is 0. The van der Waals surface area contributed by atoms with Gasteiger partial charge in [0, 0.05) is 6.42 Å². The molecule has 0 aliphatic heterocycles. The van der Waals surface area contributed by atoms with Crippen molar-refractivity contribution in [2.75, 3.05) is 12.8 Å². The molecular weight excluding hydrogens is 165 g/mol. The number of hydrogen-bond donors (Lipinski definition) is 0. The van der Waals surface area contributed by atoms with Crippen LogP contribution in [0.2, 0.25) is 0 Å². The van der Waals surface area contributed by atoms with Crippen molar-refractivity contribution in [1.29, 1.82) is 5.26 Å². The van der Waals surface area contributed by atoms with Gasteiger partial charge in [0.2, 0.25) is 0 Å². The molecule has 0 aromatic heterocycles. The minimum Gasteiger partial charge on any atom is -0.198 e. The Bertz CT molecular complexity index is 167. The molecule has 1 atom stereocenters. The van der Waals surface area contributed by atoms with Gasteiger partial charge in [-0.05, 0) is 25.2 Å². The average Bonchev–Trinajstić information content (AvgIpc) is 2.01. The maximum absolute atomic E-state index is 8.34. The van der Waals surface area contributed by atoms with Gasteiger partial charge in [-0.15, -0.1) is 0 Å². The molecule has 2 heteroatoms. The lowest BCUT2D eigenvalue weighted by Gasteiger charge is -2.04. The van der Waals surface area contributed by atoms with Crippen LogP contribution in [0.15, 0.2) is 11.9 Å². The molecule has 0 heterocycles. The Kier molecular flexibility index (Phi) is 7.11. The van der Waals surface area contributed by atoms with Crippen molar-refractivity contribution in [3.05, 3.63) is 11.9 Å². The van der Waals surface area contributed by atoms with E-state index in [9.17, 15) is 0 Å². The summed E-state index contributed by atoms with van der Waals surface area (Å²) in [6.45, 7) is 6.65. The van der Waals surface area contributed by atoms with Crippen molar-refractivity contribution in [1.82, 2.24) is 0 Å². The molecule has 0 rings (SSSR count). The van der Waals surface area contributed by atoms with E-state index in [0.717, 1.165) is 6.42 Å². The largest absolute Gasteiger partial charge is 0.198 e. The summed E-state index contributed by atoms with van der Waals surface area (Å²) in [5.41, 5.74) is 0. The summed E-state index contributed by atoms with van der Waals surface area (Å²) in [5, 5.41) is 8.34. The zero-order chi connectivity index (χ0) is 9.40. The van der Waals surface area contributed by atoms with E-state index in [1.165, 1.54) is 6.16 Å². The standard InChI is InChI=1S/C10H18NP/c1-10(2)6-9-12(3)8-5-4-7-11/h6,9-10H,4-5,8H2,1-3H3/b9-6+. The number of nitrogens with zero attached hydrogens (tertiary/aromatic N) is 1. The summed E-state index contributed by atoms with van der Waals surface area (Å²) in [6.07, 6.45) is 5.23. The van der Waals surface area contributed by atoms with E-state index in [0.29, 0.717) is 12.3 Å². The highest BCUT2D eigenvalue weighted by atomic mass is 31.1. The maximum Gasteiger partial charge on any atom is 0.0621 e. The first-order chi connectivity index (χ1) is 5.66. The smallest absolute Gasteiger partial charge is 0.0621 e. The van der Waals surface area contributed by atoms with Gasteiger partial charge >= 0.3 is 0 Å². The van der Waals surface area contributed by atoms with E-state index < -0.39 is 0 Å². The summed E-state index contributed by atoms with van der Waals surface area (Å²) in [7, 11) is 0.0437. The lowest BCUT2D eigenvalue weighted by Crippen LogP contribution is -1.81. The number of nitriles is 1. The van der Waals surface area contributed by atoms with Gasteiger partial charge in [-0.3, -0.25) is 0 Å². The minimum absolute atomic E-state index is 0.0437. The van der Waals surface area contributed by atoms with E-state index in [1.807, 2.05) is 0 Å². The molecule has 0 N–H and O–H groups in total. The molecule has 0 bridgehead atoms. The Morgan fingerprint density at radius 2 is 2.17 bits per heavy atom. The van der Waals surface area contributed by atoms with E-state index in [-0.39, 0.29) is 7.92 Å².